The van der Waals surface area contributed by atoms with Crippen molar-refractivity contribution in [3.05, 3.63) is 75.7 Å². The van der Waals surface area contributed by atoms with E-state index in [9.17, 15) is 9.59 Å². The number of carbonyl (C=O) groups is 2. The fourth-order valence-corrected chi connectivity index (χ4v) is 3.60. The molecule has 0 radical (unpaired) electrons. The zero-order valence-electron chi connectivity index (χ0n) is 14.7. The third kappa shape index (κ3) is 4.02. The number of hydrogen-bond acceptors (Lipinski definition) is 3. The summed E-state index contributed by atoms with van der Waals surface area (Å²) >= 11 is 1.01. The molecule has 3 rings (SSSR count). The molecule has 1 fully saturated rings. The maximum Gasteiger partial charge on any atom is 0.293 e. The first-order chi connectivity index (χ1) is 11.9. The lowest BCUT2D eigenvalue weighted by Gasteiger charge is -2.12. The molecule has 2 aromatic rings. The third-order valence-electron chi connectivity index (χ3n) is 4.20. The fraction of sp³-hybridized carbons (Fsp3) is 0.238. The fourth-order valence-electron chi connectivity index (χ4n) is 2.76. The lowest BCUT2D eigenvalue weighted by Crippen LogP contribution is -2.27. The molecule has 2 aromatic carbocycles. The van der Waals surface area contributed by atoms with Crippen molar-refractivity contribution < 1.29 is 9.59 Å². The Kier molecular flexibility index (Phi) is 5.09. The van der Waals surface area contributed by atoms with E-state index in [0.29, 0.717) is 17.4 Å². The van der Waals surface area contributed by atoms with E-state index in [1.165, 1.54) is 10.5 Å². The second-order valence-corrected chi connectivity index (χ2v) is 7.57. The van der Waals surface area contributed by atoms with Crippen LogP contribution in [0.2, 0.25) is 0 Å². The first-order valence-corrected chi connectivity index (χ1v) is 9.16. The van der Waals surface area contributed by atoms with Gasteiger partial charge in [0.2, 0.25) is 0 Å². The molecule has 0 atom stereocenters. The lowest BCUT2D eigenvalue weighted by molar-refractivity contribution is -0.123. The quantitative estimate of drug-likeness (QED) is 0.696. The van der Waals surface area contributed by atoms with Gasteiger partial charge in [-0.25, -0.2) is 0 Å². The van der Waals surface area contributed by atoms with Crippen LogP contribution in [-0.2, 0) is 11.3 Å². The molecule has 1 aliphatic rings. The van der Waals surface area contributed by atoms with Crippen LogP contribution < -0.4 is 0 Å². The van der Waals surface area contributed by atoms with E-state index >= 15 is 0 Å². The zero-order chi connectivity index (χ0) is 18.0. The molecule has 0 aliphatic carbocycles. The molecule has 1 aliphatic heterocycles. The Hall–Kier alpha value is -2.33. The average Bonchev–Trinajstić information content (AvgIpc) is 2.83. The van der Waals surface area contributed by atoms with E-state index in [1.54, 1.807) is 6.08 Å². The van der Waals surface area contributed by atoms with Crippen molar-refractivity contribution in [2.75, 3.05) is 0 Å². The Bertz CT molecular complexity index is 837. The number of thioether (sulfide) groups is 1. The highest BCUT2D eigenvalue weighted by Crippen LogP contribution is 2.33. The zero-order valence-corrected chi connectivity index (χ0v) is 15.5. The van der Waals surface area contributed by atoms with Crippen molar-refractivity contribution in [3.8, 4) is 0 Å². The maximum absolute atomic E-state index is 12.6. The first kappa shape index (κ1) is 17.5. The Morgan fingerprint density at radius 3 is 2.44 bits per heavy atom. The molecule has 128 valence electrons. The van der Waals surface area contributed by atoms with Crippen molar-refractivity contribution in [3.63, 3.8) is 0 Å². The standard InChI is InChI=1S/C21H21NO2S/c1-14(2)18-9-7-16(8-10-18)12-19-20(23)22(21(24)25-19)13-17-6-4-5-15(3)11-17/h4-12,14H,13H2,1-3H3/b19-12+. The number of benzene rings is 2. The number of imide groups is 1. The highest BCUT2D eigenvalue weighted by Gasteiger charge is 2.34. The normalized spacial score (nSPS) is 16.3. The highest BCUT2D eigenvalue weighted by molar-refractivity contribution is 8.18. The molecule has 3 nitrogen and oxygen atoms in total. The van der Waals surface area contributed by atoms with E-state index in [4.69, 9.17) is 0 Å². The lowest BCUT2D eigenvalue weighted by atomic mass is 10.0. The van der Waals surface area contributed by atoms with E-state index in [0.717, 1.165) is 28.5 Å². The van der Waals surface area contributed by atoms with Crippen LogP contribution >= 0.6 is 11.8 Å². The van der Waals surface area contributed by atoms with Gasteiger partial charge < -0.3 is 0 Å². The molecule has 4 heteroatoms. The van der Waals surface area contributed by atoms with Gasteiger partial charge in [-0.15, -0.1) is 0 Å². The van der Waals surface area contributed by atoms with E-state index in [-0.39, 0.29) is 11.1 Å². The summed E-state index contributed by atoms with van der Waals surface area (Å²) in [6, 6.07) is 16.0. The number of nitrogens with zero attached hydrogens (tertiary/aromatic N) is 1. The number of amides is 2. The number of aryl methyl sites for hydroxylation is 1. The molecule has 25 heavy (non-hydrogen) atoms. The van der Waals surface area contributed by atoms with E-state index in [2.05, 4.69) is 26.0 Å². The van der Waals surface area contributed by atoms with Crippen molar-refractivity contribution in [2.45, 2.75) is 33.2 Å². The second-order valence-electron chi connectivity index (χ2n) is 6.58. The molecule has 0 bridgehead atoms. The molecule has 0 aromatic heterocycles. The Morgan fingerprint density at radius 1 is 1.08 bits per heavy atom. The molecule has 0 spiro atoms. The van der Waals surface area contributed by atoms with Crippen molar-refractivity contribution in [2.24, 2.45) is 0 Å². The van der Waals surface area contributed by atoms with E-state index in [1.807, 2.05) is 43.3 Å². The van der Waals surface area contributed by atoms with E-state index < -0.39 is 0 Å². The van der Waals surface area contributed by atoms with Crippen LogP contribution in [0.3, 0.4) is 0 Å². The van der Waals surface area contributed by atoms with Gasteiger partial charge in [0.25, 0.3) is 11.1 Å². The van der Waals surface area contributed by atoms with Crippen molar-refractivity contribution in [1.82, 2.24) is 4.90 Å². The summed E-state index contributed by atoms with van der Waals surface area (Å²) in [5.41, 5.74) is 4.27. The van der Waals surface area contributed by atoms with Gasteiger partial charge in [-0.05, 0) is 47.4 Å². The van der Waals surface area contributed by atoms with Crippen LogP contribution in [-0.4, -0.2) is 16.0 Å². The molecule has 1 saturated heterocycles. The van der Waals surface area contributed by atoms with Gasteiger partial charge >= 0.3 is 0 Å². The van der Waals surface area contributed by atoms with Gasteiger partial charge in [0.15, 0.2) is 0 Å². The number of hydrogen-bond donors (Lipinski definition) is 0. The summed E-state index contributed by atoms with van der Waals surface area (Å²) in [7, 11) is 0. The smallest absolute Gasteiger partial charge is 0.268 e. The Morgan fingerprint density at radius 2 is 1.80 bits per heavy atom. The minimum atomic E-state index is -0.218. The minimum absolute atomic E-state index is 0.212. The van der Waals surface area contributed by atoms with Crippen LogP contribution in [0.15, 0.2) is 53.4 Å². The van der Waals surface area contributed by atoms with Crippen LogP contribution in [0, 0.1) is 6.92 Å². The Balaban J connectivity index is 1.78. The van der Waals surface area contributed by atoms with Crippen LogP contribution in [0.5, 0.6) is 0 Å². The summed E-state index contributed by atoms with van der Waals surface area (Å²) in [5, 5.41) is -0.212. The third-order valence-corrected chi connectivity index (χ3v) is 5.11. The van der Waals surface area contributed by atoms with Crippen LogP contribution in [0.1, 0.15) is 42.0 Å². The van der Waals surface area contributed by atoms with Crippen LogP contribution in [0.25, 0.3) is 6.08 Å². The monoisotopic (exact) mass is 351 g/mol. The SMILES string of the molecule is Cc1cccc(CN2C(=O)S/C(=C/c3ccc(C(C)C)cc3)C2=O)c1. The maximum atomic E-state index is 12.6. The van der Waals surface area contributed by atoms with Gasteiger partial charge in [-0.3, -0.25) is 14.5 Å². The minimum Gasteiger partial charge on any atom is -0.268 e. The molecule has 1 heterocycles. The van der Waals surface area contributed by atoms with Crippen LogP contribution in [0.4, 0.5) is 4.79 Å². The van der Waals surface area contributed by atoms with Crippen molar-refractivity contribution in [1.29, 1.82) is 0 Å². The molecular formula is C21H21NO2S. The summed E-state index contributed by atoms with van der Waals surface area (Å²) in [6.45, 7) is 6.60. The summed E-state index contributed by atoms with van der Waals surface area (Å²) in [4.78, 5) is 26.6. The molecule has 2 amide bonds. The highest BCUT2D eigenvalue weighted by atomic mass is 32.2. The predicted molar refractivity (Wildman–Crippen MR) is 103 cm³/mol. The summed E-state index contributed by atoms with van der Waals surface area (Å²) in [6.07, 6.45) is 1.80. The largest absolute Gasteiger partial charge is 0.293 e. The van der Waals surface area contributed by atoms with Gasteiger partial charge in [-0.1, -0.05) is 67.9 Å². The van der Waals surface area contributed by atoms with Gasteiger partial charge in [0, 0.05) is 0 Å². The molecular weight excluding hydrogens is 330 g/mol. The predicted octanol–water partition coefficient (Wildman–Crippen LogP) is 5.35. The van der Waals surface area contributed by atoms with Gasteiger partial charge in [-0.2, -0.15) is 0 Å². The summed E-state index contributed by atoms with van der Waals surface area (Å²) < 4.78 is 0. The molecule has 0 saturated carbocycles. The van der Waals surface area contributed by atoms with Gasteiger partial charge in [0.05, 0.1) is 11.4 Å². The number of carbonyl (C=O) groups excluding carboxylic acids is 2. The average molecular weight is 351 g/mol. The summed E-state index contributed by atoms with van der Waals surface area (Å²) in [5.74, 6) is 0.250. The first-order valence-electron chi connectivity index (χ1n) is 8.35. The number of rotatable bonds is 4. The van der Waals surface area contributed by atoms with Gasteiger partial charge in [0.1, 0.15) is 0 Å². The molecule has 0 N–H and O–H groups in total. The second kappa shape index (κ2) is 7.28. The molecule has 0 unspecified atom stereocenters. The Labute approximate surface area is 152 Å². The topological polar surface area (TPSA) is 37.4 Å². The van der Waals surface area contributed by atoms with Crippen molar-refractivity contribution >= 4 is 29.0 Å².